The first-order valence-electron chi connectivity index (χ1n) is 34.4. The van der Waals surface area contributed by atoms with Crippen molar-refractivity contribution in [3.05, 3.63) is 123 Å². The normalized spacial score (nSPS) is 31.3. The van der Waals surface area contributed by atoms with E-state index in [1.807, 2.05) is 0 Å². The highest BCUT2D eigenvalue weighted by molar-refractivity contribution is 5.89. The summed E-state index contributed by atoms with van der Waals surface area (Å²) in [7, 11) is 0. The van der Waals surface area contributed by atoms with E-state index >= 15 is 0 Å². The maximum Gasteiger partial charge on any atom is 0.330 e. The van der Waals surface area contributed by atoms with Gasteiger partial charge in [-0.2, -0.15) is 0 Å². The molecular formula is C72H76O41. The summed E-state index contributed by atoms with van der Waals surface area (Å²) in [5.74, 6) is -10.4. The number of aliphatic hydroxyl groups is 16. The van der Waals surface area contributed by atoms with Gasteiger partial charge in [0.05, 0.1) is 31.6 Å². The quantitative estimate of drug-likeness (QED) is 0.0117. The van der Waals surface area contributed by atoms with Crippen molar-refractivity contribution in [3.8, 4) is 91.5 Å². The Hall–Kier alpha value is -10.2. The van der Waals surface area contributed by atoms with Crippen LogP contribution in [0.25, 0.3) is 51.0 Å². The summed E-state index contributed by atoms with van der Waals surface area (Å²) in [5, 5.41) is 222. The Bertz CT molecular complexity index is 4620. The summed E-state index contributed by atoms with van der Waals surface area (Å²) in [4.78, 5) is 66.9. The number of aliphatic hydroxyl groups excluding tert-OH is 16. The molecule has 24 atom stereocenters. The van der Waals surface area contributed by atoms with Crippen LogP contribution in [0.1, 0.15) is 18.4 Å². The van der Waals surface area contributed by atoms with Crippen molar-refractivity contribution in [3.63, 3.8) is 0 Å². The van der Waals surface area contributed by atoms with Gasteiger partial charge in [-0.1, -0.05) is 12.1 Å². The second-order valence-electron chi connectivity index (χ2n) is 26.6. The van der Waals surface area contributed by atoms with Gasteiger partial charge in [-0.05, 0) is 66.2 Å². The van der Waals surface area contributed by atoms with Crippen LogP contribution >= 0.6 is 0 Å². The van der Waals surface area contributed by atoms with E-state index in [4.69, 9.17) is 70.4 Å². The van der Waals surface area contributed by atoms with E-state index in [-0.39, 0.29) is 39.7 Å². The summed E-state index contributed by atoms with van der Waals surface area (Å²) in [5.41, 5.74) is -2.67. The standard InChI is InChI=1S/C72H76O41/c73-20-41-51(85)56(90)64(98)72(109-41)113-67-55(89)48-34(76)16-31(104-68-60(94)50(84)37(79)21-102-68)18-39(48)107-66(67)26-4-8-29(9-5-26)103-69-61(95)57(91)52(86)42(110-69)22-100-46(81)11-12-47(82)101-23-43-53(87)58(92)62(96)70(111-43)105-30-15-33(75)32-19-40(65(106-38(32)17-30)27-13-35(77)49(83)36(78)14-27)108-71-63(97)59(93)54(88)44(112-71)24-99-45(80)10-3-25-1-6-28(74)7-2-25/h1-10,13-19,37,41-44,50-54,56-64,68-74,76-79,83-88,90-98H,11-12,20-24H2/t37-,41+,42+,43+,44-,50-,51-,52-,53-,54-,56+,57+,58+,59+,60-,61-,62-,63-,64+,68-,69-,70-,71-,72+/m1/s1. The first-order chi connectivity index (χ1) is 53.7. The molecule has 0 radical (unpaired) electrons. The van der Waals surface area contributed by atoms with Gasteiger partial charge in [0.15, 0.2) is 39.9 Å². The number of hydrogen-bond donors (Lipinski definition) is 21. The highest BCUT2D eigenvalue weighted by atomic mass is 16.7. The molecule has 0 spiro atoms. The van der Waals surface area contributed by atoms with Crippen LogP contribution in [0.2, 0.25) is 0 Å². The largest absolute Gasteiger partial charge is 0.508 e. The van der Waals surface area contributed by atoms with Crippen LogP contribution < -0.4 is 34.5 Å². The third kappa shape index (κ3) is 17.9. The van der Waals surface area contributed by atoms with Gasteiger partial charge < -0.3 is 178 Å². The zero-order valence-electron chi connectivity index (χ0n) is 58.2. The lowest BCUT2D eigenvalue weighted by Gasteiger charge is -2.40. The topological polar surface area (TPSA) is 656 Å². The van der Waals surface area contributed by atoms with Crippen molar-refractivity contribution >= 4 is 35.0 Å². The van der Waals surface area contributed by atoms with E-state index in [2.05, 4.69) is 0 Å². The lowest BCUT2D eigenvalue weighted by molar-refractivity contribution is -0.278. The Morgan fingerprint density at radius 3 is 1.49 bits per heavy atom. The van der Waals surface area contributed by atoms with Gasteiger partial charge in [-0.3, -0.25) is 19.2 Å². The average Bonchev–Trinajstić information content (AvgIpc) is 0.755. The number of rotatable bonds is 24. The lowest BCUT2D eigenvalue weighted by atomic mass is 9.99. The van der Waals surface area contributed by atoms with E-state index in [9.17, 15) is 131 Å². The maximum atomic E-state index is 14.4. The fourth-order valence-electron chi connectivity index (χ4n) is 12.4. The van der Waals surface area contributed by atoms with Crippen LogP contribution in [-0.2, 0) is 52.3 Å². The average molecular weight is 1600 g/mol. The minimum Gasteiger partial charge on any atom is -0.508 e. The number of phenolic OH excluding ortho intramolecular Hbond substituents is 5. The Kier molecular flexibility index (Phi) is 25.2. The van der Waals surface area contributed by atoms with E-state index in [0.717, 1.165) is 48.5 Å². The molecule has 0 bridgehead atoms. The Labute approximate surface area is 632 Å². The zero-order chi connectivity index (χ0) is 81.3. The van der Waals surface area contributed by atoms with Crippen molar-refractivity contribution < 1.29 is 192 Å². The van der Waals surface area contributed by atoms with Crippen LogP contribution in [0.3, 0.4) is 0 Å². The molecule has 0 unspecified atom stereocenters. The number of phenols is 5. The number of ether oxygens (including phenoxy) is 13. The number of esters is 3. The Morgan fingerprint density at radius 2 is 0.929 bits per heavy atom. The minimum atomic E-state index is -2.09. The first kappa shape index (κ1) is 82.3. The molecule has 1 aromatic heterocycles. The number of carbonyl (C=O) groups excluding carboxylic acids is 3. The van der Waals surface area contributed by atoms with Crippen LogP contribution in [-0.4, -0.2) is 306 Å². The molecule has 5 saturated heterocycles. The molecule has 5 aromatic rings. The van der Waals surface area contributed by atoms with Crippen LogP contribution in [0.5, 0.6) is 57.5 Å². The minimum absolute atomic E-state index is 0.0258. The molecule has 4 aromatic carbocycles. The van der Waals surface area contributed by atoms with Gasteiger partial charge in [0, 0.05) is 41.5 Å². The number of aromatic hydroxyl groups is 5. The van der Waals surface area contributed by atoms with Gasteiger partial charge in [0.2, 0.25) is 42.6 Å². The van der Waals surface area contributed by atoms with E-state index in [1.54, 1.807) is 0 Å². The smallest absolute Gasteiger partial charge is 0.330 e. The highest BCUT2D eigenvalue weighted by Crippen LogP contribution is 2.46. The number of fused-ring (bicyclic) bond motifs is 2. The van der Waals surface area contributed by atoms with Crippen molar-refractivity contribution in [2.45, 2.75) is 160 Å². The SMILES string of the molecule is O=C(C=Cc1ccc(O)cc1)OC[C@H]1O[C@@H](Oc2cc3c(=O)cc(O[C@@H]4O[C@@H](COC(=O)CCC(=O)OC[C@@H]5O[C@@H](Oc6ccc(-c7oc8cc(O[C@H]9OC[C@@H](O)[C@@H](O)[C@H]9O)cc(O)c8c(=O)c7O[C@@H]7O[C@@H](CO)[C@@H](O)[C@H](O)[C@@H]7O)cc6)[C@H](O)[C@@H](O)[C@@H]5O)[C@@H](O)[C@H](O)[C@H]4O)cc-3oc2-c2cc(O)c(O)c(O)c2)[C@H](O)[C@@H](O)[C@@H]1O. The lowest BCUT2D eigenvalue weighted by Crippen LogP contribution is -2.60. The van der Waals surface area contributed by atoms with Crippen LogP contribution in [0.15, 0.2) is 115 Å². The monoisotopic (exact) mass is 1600 g/mol. The van der Waals surface area contributed by atoms with Gasteiger partial charge in [0.1, 0.15) is 181 Å². The number of benzene rings is 5. The molecule has 113 heavy (non-hydrogen) atoms. The van der Waals surface area contributed by atoms with Gasteiger partial charge in [0.25, 0.3) is 0 Å². The van der Waals surface area contributed by atoms with Crippen molar-refractivity contribution in [1.82, 2.24) is 0 Å². The molecule has 0 saturated carbocycles. The third-order valence-corrected chi connectivity index (χ3v) is 18.7. The van der Waals surface area contributed by atoms with Crippen molar-refractivity contribution in [2.24, 2.45) is 0 Å². The Morgan fingerprint density at radius 1 is 0.442 bits per heavy atom. The molecule has 21 N–H and O–H groups in total. The summed E-state index contributed by atoms with van der Waals surface area (Å²) < 4.78 is 84.6. The molecule has 7 heterocycles. The molecule has 7 aliphatic rings. The van der Waals surface area contributed by atoms with Gasteiger partial charge in [-0.15, -0.1) is 0 Å². The fraction of sp³-hybridized carbons (Fsp3) is 0.431. The zero-order valence-corrected chi connectivity index (χ0v) is 58.2. The predicted molar refractivity (Wildman–Crippen MR) is 366 cm³/mol. The van der Waals surface area contributed by atoms with E-state index < -0.39 is 285 Å². The Balaban J connectivity index is 0.668. The summed E-state index contributed by atoms with van der Waals surface area (Å²) in [6.45, 7) is -3.80. The molecule has 12 rings (SSSR count). The summed E-state index contributed by atoms with van der Waals surface area (Å²) in [6, 6.07) is 17.2. The number of carbonyl (C=O) groups is 3. The van der Waals surface area contributed by atoms with Gasteiger partial charge >= 0.3 is 17.9 Å². The second-order valence-corrected chi connectivity index (χ2v) is 26.6. The highest BCUT2D eigenvalue weighted by Gasteiger charge is 2.50. The third-order valence-electron chi connectivity index (χ3n) is 18.7. The molecule has 41 nitrogen and oxygen atoms in total. The van der Waals surface area contributed by atoms with E-state index in [1.165, 1.54) is 54.6 Å². The van der Waals surface area contributed by atoms with Crippen LogP contribution in [0.4, 0.5) is 0 Å². The summed E-state index contributed by atoms with van der Waals surface area (Å²) >= 11 is 0. The van der Waals surface area contributed by atoms with E-state index in [0.29, 0.717) is 5.56 Å². The maximum absolute atomic E-state index is 14.4. The molecule has 6 aliphatic heterocycles. The summed E-state index contributed by atoms with van der Waals surface area (Å²) in [6.07, 6.45) is -43.8. The molecular weight excluding hydrogens is 1520 g/mol. The second kappa shape index (κ2) is 34.7. The van der Waals surface area contributed by atoms with Gasteiger partial charge in [-0.25, -0.2) is 4.79 Å². The van der Waals surface area contributed by atoms with Crippen molar-refractivity contribution in [2.75, 3.05) is 33.0 Å². The molecule has 0 amide bonds. The van der Waals surface area contributed by atoms with Crippen LogP contribution in [0, 0.1) is 0 Å². The molecule has 610 valence electrons. The fourth-order valence-corrected chi connectivity index (χ4v) is 12.4. The number of hydrogen-bond acceptors (Lipinski definition) is 41. The first-order valence-corrected chi connectivity index (χ1v) is 34.4. The molecule has 5 fully saturated rings. The molecule has 41 heteroatoms. The van der Waals surface area contributed by atoms with Crippen molar-refractivity contribution in [1.29, 1.82) is 0 Å². The predicted octanol–water partition coefficient (Wildman–Crippen LogP) is -4.91. The molecule has 1 aliphatic carbocycles.